The van der Waals surface area contributed by atoms with E-state index in [2.05, 4.69) is 11.2 Å². The average Bonchev–Trinajstić information content (AvgIpc) is 2.47. The first-order chi connectivity index (χ1) is 10.1. The molecule has 0 saturated carbocycles. The van der Waals surface area contributed by atoms with Crippen LogP contribution in [0.3, 0.4) is 0 Å². The van der Waals surface area contributed by atoms with Crippen molar-refractivity contribution < 1.29 is 13.6 Å². The molecule has 0 saturated heterocycles. The molecular weight excluding hydrogens is 272 g/mol. The van der Waals surface area contributed by atoms with Gasteiger partial charge in [-0.3, -0.25) is 4.79 Å². The molecule has 4 heteroatoms. The number of carbonyl (C=O) groups is 1. The second kappa shape index (κ2) is 6.67. The molecule has 21 heavy (non-hydrogen) atoms. The molecule has 0 unspecified atom stereocenters. The van der Waals surface area contributed by atoms with Crippen molar-refractivity contribution in [3.8, 4) is 12.3 Å². The van der Waals surface area contributed by atoms with Gasteiger partial charge in [0, 0.05) is 18.1 Å². The summed E-state index contributed by atoms with van der Waals surface area (Å²) in [6.07, 6.45) is 5.47. The predicted octanol–water partition coefficient (Wildman–Crippen LogP) is 3.17. The predicted molar refractivity (Wildman–Crippen MR) is 77.9 cm³/mol. The van der Waals surface area contributed by atoms with Gasteiger partial charge in [0.15, 0.2) is 5.78 Å². The van der Waals surface area contributed by atoms with Gasteiger partial charge in [-0.05, 0) is 29.8 Å². The molecule has 2 rings (SSSR count). The molecule has 106 valence electrons. The van der Waals surface area contributed by atoms with E-state index in [1.54, 1.807) is 24.3 Å². The van der Waals surface area contributed by atoms with Crippen LogP contribution < -0.4 is 5.32 Å². The maximum Gasteiger partial charge on any atom is 0.156 e. The summed E-state index contributed by atoms with van der Waals surface area (Å²) in [5.74, 6) is 1.02. The number of ketones is 1. The average molecular weight is 285 g/mol. The largest absolute Gasteiger partial charge is 0.376 e. The smallest absolute Gasteiger partial charge is 0.156 e. The fraction of sp³-hybridized carbons (Fsp3) is 0.118. The van der Waals surface area contributed by atoms with Gasteiger partial charge in [-0.2, -0.15) is 0 Å². The molecule has 0 atom stereocenters. The Bertz CT molecular complexity index is 687. The topological polar surface area (TPSA) is 29.1 Å². The highest BCUT2D eigenvalue weighted by atomic mass is 19.1. The number of hydrogen-bond donors (Lipinski definition) is 1. The number of terminal acetylenes is 1. The van der Waals surface area contributed by atoms with E-state index < -0.39 is 11.6 Å². The quantitative estimate of drug-likeness (QED) is 0.855. The minimum Gasteiger partial charge on any atom is -0.376 e. The number of Topliss-reactive ketones (excluding diaryl/α,β-unsaturated/α-hetero) is 1. The fourth-order valence-corrected chi connectivity index (χ4v) is 1.84. The third-order valence-corrected chi connectivity index (χ3v) is 2.93. The van der Waals surface area contributed by atoms with Crippen LogP contribution in [0.25, 0.3) is 0 Å². The first kappa shape index (κ1) is 14.7. The molecule has 0 aliphatic heterocycles. The number of anilines is 1. The van der Waals surface area contributed by atoms with E-state index in [0.717, 1.165) is 23.3 Å². The van der Waals surface area contributed by atoms with Gasteiger partial charge < -0.3 is 5.32 Å². The van der Waals surface area contributed by atoms with Crippen molar-refractivity contribution in [3.05, 3.63) is 65.2 Å². The Kier molecular flexibility index (Phi) is 4.68. The van der Waals surface area contributed by atoms with Crippen LogP contribution in [0.4, 0.5) is 14.5 Å². The van der Waals surface area contributed by atoms with Gasteiger partial charge in [0.25, 0.3) is 0 Å². The molecule has 0 aliphatic carbocycles. The maximum atomic E-state index is 13.4. The van der Waals surface area contributed by atoms with Crippen molar-refractivity contribution in [2.45, 2.75) is 6.42 Å². The zero-order valence-electron chi connectivity index (χ0n) is 11.2. The molecule has 0 heterocycles. The molecule has 1 N–H and O–H groups in total. The lowest BCUT2D eigenvalue weighted by Crippen LogP contribution is -2.16. The molecule has 0 aliphatic rings. The van der Waals surface area contributed by atoms with Crippen LogP contribution in [0.5, 0.6) is 0 Å². The number of carbonyl (C=O) groups excluding carboxylic acids is 1. The summed E-state index contributed by atoms with van der Waals surface area (Å²) in [6, 6.07) is 10.3. The lowest BCUT2D eigenvalue weighted by atomic mass is 10.1. The summed E-state index contributed by atoms with van der Waals surface area (Å²) in [6.45, 7) is -0.0283. The lowest BCUT2D eigenvalue weighted by molar-refractivity contribution is -0.116. The standard InChI is InChI=1S/C17H13F2NO/c1-2-12-3-5-13(6-4-12)9-15(21)11-20-17-8-7-14(18)10-16(17)19/h1,3-8,10,20H,9,11H2. The van der Waals surface area contributed by atoms with Crippen LogP contribution in [-0.4, -0.2) is 12.3 Å². The number of hydrogen-bond acceptors (Lipinski definition) is 2. The minimum atomic E-state index is -0.721. The molecule has 2 aromatic rings. The SMILES string of the molecule is C#Cc1ccc(CC(=O)CNc2ccc(F)cc2F)cc1. The van der Waals surface area contributed by atoms with E-state index in [1.165, 1.54) is 6.07 Å². The molecule has 2 nitrogen and oxygen atoms in total. The fourth-order valence-electron chi connectivity index (χ4n) is 1.84. The van der Waals surface area contributed by atoms with Crippen LogP contribution in [-0.2, 0) is 11.2 Å². The van der Waals surface area contributed by atoms with Crippen molar-refractivity contribution in [1.82, 2.24) is 0 Å². The summed E-state index contributed by atoms with van der Waals surface area (Å²) in [5, 5.41) is 2.66. The molecule has 0 fully saturated rings. The Morgan fingerprint density at radius 3 is 2.48 bits per heavy atom. The van der Waals surface area contributed by atoms with Gasteiger partial charge in [0.1, 0.15) is 11.6 Å². The third kappa shape index (κ3) is 4.15. The van der Waals surface area contributed by atoms with Gasteiger partial charge >= 0.3 is 0 Å². The van der Waals surface area contributed by atoms with Crippen molar-refractivity contribution in [2.24, 2.45) is 0 Å². The molecule has 0 bridgehead atoms. The van der Waals surface area contributed by atoms with Crippen molar-refractivity contribution >= 4 is 11.5 Å². The molecule has 0 amide bonds. The van der Waals surface area contributed by atoms with Gasteiger partial charge in [0.05, 0.1) is 12.2 Å². The zero-order valence-corrected chi connectivity index (χ0v) is 11.2. The van der Waals surface area contributed by atoms with Crippen LogP contribution in [0.15, 0.2) is 42.5 Å². The summed E-state index contributed by atoms with van der Waals surface area (Å²) in [4.78, 5) is 11.8. The van der Waals surface area contributed by atoms with Crippen LogP contribution in [0, 0.1) is 24.0 Å². The van der Waals surface area contributed by atoms with Crippen LogP contribution in [0.1, 0.15) is 11.1 Å². The van der Waals surface area contributed by atoms with Gasteiger partial charge in [-0.15, -0.1) is 6.42 Å². The normalized spacial score (nSPS) is 9.95. The first-order valence-electron chi connectivity index (χ1n) is 6.34. The van der Waals surface area contributed by atoms with Crippen molar-refractivity contribution in [1.29, 1.82) is 0 Å². The van der Waals surface area contributed by atoms with Gasteiger partial charge in [-0.1, -0.05) is 18.1 Å². The van der Waals surface area contributed by atoms with Gasteiger partial charge in [0.2, 0.25) is 0 Å². The van der Waals surface area contributed by atoms with Gasteiger partial charge in [-0.25, -0.2) is 8.78 Å². The van der Waals surface area contributed by atoms with Crippen LogP contribution >= 0.6 is 0 Å². The maximum absolute atomic E-state index is 13.4. The first-order valence-corrected chi connectivity index (χ1v) is 6.34. The Morgan fingerprint density at radius 2 is 1.86 bits per heavy atom. The van der Waals surface area contributed by atoms with E-state index in [-0.39, 0.29) is 24.4 Å². The molecule has 0 aromatic heterocycles. The Morgan fingerprint density at radius 1 is 1.14 bits per heavy atom. The van der Waals surface area contributed by atoms with Crippen LogP contribution in [0.2, 0.25) is 0 Å². The Labute approximate surface area is 121 Å². The van der Waals surface area contributed by atoms with Crippen molar-refractivity contribution in [2.75, 3.05) is 11.9 Å². The molecule has 0 radical (unpaired) electrons. The zero-order chi connectivity index (χ0) is 15.2. The highest BCUT2D eigenvalue weighted by Crippen LogP contribution is 2.14. The summed E-state index contributed by atoms with van der Waals surface area (Å²) >= 11 is 0. The summed E-state index contributed by atoms with van der Waals surface area (Å²) < 4.78 is 26.1. The number of benzene rings is 2. The third-order valence-electron chi connectivity index (χ3n) is 2.93. The van der Waals surface area contributed by atoms with E-state index in [0.29, 0.717) is 0 Å². The highest BCUT2D eigenvalue weighted by molar-refractivity contribution is 5.85. The number of rotatable bonds is 5. The highest BCUT2D eigenvalue weighted by Gasteiger charge is 2.07. The number of nitrogens with one attached hydrogen (secondary N) is 1. The number of halogens is 2. The molecular formula is C17H13F2NO. The van der Waals surface area contributed by atoms with E-state index >= 15 is 0 Å². The summed E-state index contributed by atoms with van der Waals surface area (Å²) in [7, 11) is 0. The van der Waals surface area contributed by atoms with Crippen molar-refractivity contribution in [3.63, 3.8) is 0 Å². The Balaban J connectivity index is 1.91. The van der Waals surface area contributed by atoms with E-state index in [1.807, 2.05) is 0 Å². The second-order valence-corrected chi connectivity index (χ2v) is 4.53. The summed E-state index contributed by atoms with van der Waals surface area (Å²) in [5.41, 5.74) is 1.69. The molecule has 0 spiro atoms. The monoisotopic (exact) mass is 285 g/mol. The van der Waals surface area contributed by atoms with E-state index in [9.17, 15) is 13.6 Å². The molecule has 2 aromatic carbocycles. The van der Waals surface area contributed by atoms with E-state index in [4.69, 9.17) is 6.42 Å². The Hall–Kier alpha value is -2.67. The minimum absolute atomic E-state index is 0.0283. The second-order valence-electron chi connectivity index (χ2n) is 4.53. The lowest BCUT2D eigenvalue weighted by Gasteiger charge is -2.07.